The second-order valence-corrected chi connectivity index (χ2v) is 6.52. The van der Waals surface area contributed by atoms with Crippen LogP contribution in [0, 0.1) is 10.1 Å². The van der Waals surface area contributed by atoms with E-state index in [9.17, 15) is 14.9 Å². The van der Waals surface area contributed by atoms with Gasteiger partial charge in [-0.3, -0.25) is 19.6 Å². The number of methoxy groups -OCH3 is 1. The number of aromatic nitrogens is 2. The Kier molecular flexibility index (Phi) is 5.59. The van der Waals surface area contributed by atoms with Crippen LogP contribution in [0.15, 0.2) is 53.1 Å². The number of anilines is 1. The summed E-state index contributed by atoms with van der Waals surface area (Å²) in [5.74, 6) is 0.857. The molecule has 0 aliphatic carbocycles. The summed E-state index contributed by atoms with van der Waals surface area (Å²) in [7, 11) is 3.16. The second-order valence-electron chi connectivity index (χ2n) is 5.67. The van der Waals surface area contributed by atoms with Gasteiger partial charge in [0.05, 0.1) is 34.5 Å². The molecule has 3 aromatic rings. The summed E-state index contributed by atoms with van der Waals surface area (Å²) in [5.41, 5.74) is 0.283. The van der Waals surface area contributed by atoms with Gasteiger partial charge < -0.3 is 14.8 Å². The zero-order valence-electron chi connectivity index (χ0n) is 14.9. The highest BCUT2D eigenvalue weighted by Crippen LogP contribution is 2.31. The van der Waals surface area contributed by atoms with Gasteiger partial charge in [-0.1, -0.05) is 0 Å². The van der Waals surface area contributed by atoms with Crippen LogP contribution in [-0.2, 0) is 7.05 Å². The molecule has 2 aromatic carbocycles. The molecule has 0 spiro atoms. The SMILES string of the molecule is COc1ccc(Oc2cc(NC(=O)c3c(Br)cnn3C)cc([N+](=O)[O-])c2)cc1. The molecule has 0 saturated carbocycles. The lowest BCUT2D eigenvalue weighted by atomic mass is 10.2. The van der Waals surface area contributed by atoms with Crippen LogP contribution in [0.4, 0.5) is 11.4 Å². The predicted molar refractivity (Wildman–Crippen MR) is 105 cm³/mol. The van der Waals surface area contributed by atoms with Crippen LogP contribution in [0.25, 0.3) is 0 Å². The number of nitrogens with zero attached hydrogens (tertiary/aromatic N) is 3. The first kappa shape index (κ1) is 19.4. The Bertz CT molecular complexity index is 1010. The smallest absolute Gasteiger partial charge is 0.275 e. The number of carbonyl (C=O) groups is 1. The maximum absolute atomic E-state index is 12.5. The lowest BCUT2D eigenvalue weighted by molar-refractivity contribution is -0.384. The van der Waals surface area contributed by atoms with E-state index in [1.165, 1.54) is 29.1 Å². The lowest BCUT2D eigenvalue weighted by Gasteiger charge is -2.10. The number of ether oxygens (including phenoxy) is 2. The van der Waals surface area contributed by atoms with Gasteiger partial charge in [-0.25, -0.2) is 0 Å². The van der Waals surface area contributed by atoms with E-state index in [1.54, 1.807) is 38.4 Å². The molecule has 1 amide bonds. The van der Waals surface area contributed by atoms with Crippen molar-refractivity contribution in [2.75, 3.05) is 12.4 Å². The fourth-order valence-corrected chi connectivity index (χ4v) is 2.98. The van der Waals surface area contributed by atoms with Crippen molar-refractivity contribution in [1.29, 1.82) is 0 Å². The maximum atomic E-state index is 12.5. The van der Waals surface area contributed by atoms with E-state index < -0.39 is 10.8 Å². The highest BCUT2D eigenvalue weighted by molar-refractivity contribution is 9.10. The number of carbonyl (C=O) groups excluding carboxylic acids is 1. The third-order valence-corrected chi connectivity index (χ3v) is 4.34. The summed E-state index contributed by atoms with van der Waals surface area (Å²) in [4.78, 5) is 23.2. The van der Waals surface area contributed by atoms with Crippen molar-refractivity contribution in [3.8, 4) is 17.2 Å². The van der Waals surface area contributed by atoms with Crippen LogP contribution in [0.2, 0.25) is 0 Å². The van der Waals surface area contributed by atoms with Gasteiger partial charge in [-0.05, 0) is 40.2 Å². The van der Waals surface area contributed by atoms with Crippen molar-refractivity contribution in [2.24, 2.45) is 7.05 Å². The fraction of sp³-hybridized carbons (Fsp3) is 0.111. The monoisotopic (exact) mass is 446 g/mol. The van der Waals surface area contributed by atoms with E-state index in [4.69, 9.17) is 9.47 Å². The highest BCUT2D eigenvalue weighted by atomic mass is 79.9. The zero-order valence-corrected chi connectivity index (χ0v) is 16.5. The molecule has 0 saturated heterocycles. The maximum Gasteiger partial charge on any atom is 0.275 e. The minimum atomic E-state index is -0.559. The molecule has 0 unspecified atom stereocenters. The molecule has 0 aliphatic heterocycles. The van der Waals surface area contributed by atoms with E-state index in [2.05, 4.69) is 26.3 Å². The molecule has 3 rings (SSSR count). The number of hydrogen-bond donors (Lipinski definition) is 1. The van der Waals surface area contributed by atoms with Crippen LogP contribution in [0.3, 0.4) is 0 Å². The first-order valence-electron chi connectivity index (χ1n) is 7.97. The summed E-state index contributed by atoms with van der Waals surface area (Å²) in [6, 6.07) is 10.8. The van der Waals surface area contributed by atoms with E-state index in [1.807, 2.05) is 0 Å². The Hall–Kier alpha value is -3.40. The van der Waals surface area contributed by atoms with Crippen molar-refractivity contribution in [1.82, 2.24) is 9.78 Å². The number of amides is 1. The van der Waals surface area contributed by atoms with Crippen LogP contribution in [-0.4, -0.2) is 27.7 Å². The van der Waals surface area contributed by atoms with E-state index >= 15 is 0 Å². The Labute approximate surface area is 168 Å². The topological polar surface area (TPSA) is 109 Å². The van der Waals surface area contributed by atoms with Crippen molar-refractivity contribution in [2.45, 2.75) is 0 Å². The van der Waals surface area contributed by atoms with Crippen LogP contribution < -0.4 is 14.8 Å². The Morgan fingerprint density at radius 1 is 1.18 bits per heavy atom. The lowest BCUT2D eigenvalue weighted by Crippen LogP contribution is -2.16. The Morgan fingerprint density at radius 3 is 2.43 bits per heavy atom. The van der Waals surface area contributed by atoms with Crippen LogP contribution in [0.5, 0.6) is 17.2 Å². The molecule has 0 fully saturated rings. The Morgan fingerprint density at radius 2 is 1.86 bits per heavy atom. The quantitative estimate of drug-likeness (QED) is 0.450. The number of aryl methyl sites for hydroxylation is 1. The summed E-state index contributed by atoms with van der Waals surface area (Å²) in [6.07, 6.45) is 1.49. The molecule has 1 N–H and O–H groups in total. The fourth-order valence-electron chi connectivity index (χ4n) is 2.46. The number of non-ortho nitro benzene ring substituents is 1. The largest absolute Gasteiger partial charge is 0.497 e. The Balaban J connectivity index is 1.88. The van der Waals surface area contributed by atoms with Gasteiger partial charge in [-0.2, -0.15) is 5.10 Å². The molecule has 0 radical (unpaired) electrons. The summed E-state index contributed by atoms with van der Waals surface area (Å²) in [6.45, 7) is 0. The molecule has 144 valence electrons. The van der Waals surface area contributed by atoms with Gasteiger partial charge in [0.1, 0.15) is 22.9 Å². The van der Waals surface area contributed by atoms with Crippen molar-refractivity contribution >= 4 is 33.2 Å². The molecule has 0 atom stereocenters. The molecule has 28 heavy (non-hydrogen) atoms. The molecular weight excluding hydrogens is 432 g/mol. The first-order valence-corrected chi connectivity index (χ1v) is 8.77. The predicted octanol–water partition coefficient (Wildman–Crippen LogP) is 4.14. The van der Waals surface area contributed by atoms with Crippen LogP contribution in [0.1, 0.15) is 10.5 Å². The summed E-state index contributed by atoms with van der Waals surface area (Å²) in [5, 5.41) is 17.9. The molecule has 9 nitrogen and oxygen atoms in total. The number of rotatable bonds is 6. The molecular formula is C18H15BrN4O5. The minimum absolute atomic E-state index is 0.207. The zero-order chi connectivity index (χ0) is 20.3. The summed E-state index contributed by atoms with van der Waals surface area (Å²) < 4.78 is 12.7. The van der Waals surface area contributed by atoms with Gasteiger partial charge >= 0.3 is 0 Å². The second kappa shape index (κ2) is 8.09. The van der Waals surface area contributed by atoms with Crippen molar-refractivity contribution in [3.05, 3.63) is 68.9 Å². The van der Waals surface area contributed by atoms with Crippen LogP contribution >= 0.6 is 15.9 Å². The number of benzene rings is 2. The van der Waals surface area contributed by atoms with E-state index in [0.717, 1.165) is 0 Å². The van der Waals surface area contributed by atoms with E-state index in [0.29, 0.717) is 16.0 Å². The normalized spacial score (nSPS) is 10.4. The number of halogens is 1. The molecule has 1 aromatic heterocycles. The van der Waals surface area contributed by atoms with Gasteiger partial charge in [0, 0.05) is 19.2 Å². The van der Waals surface area contributed by atoms with Gasteiger partial charge in [-0.15, -0.1) is 0 Å². The summed E-state index contributed by atoms with van der Waals surface area (Å²) >= 11 is 3.25. The molecule has 10 heteroatoms. The van der Waals surface area contributed by atoms with Gasteiger partial charge in [0.15, 0.2) is 0 Å². The molecule has 1 heterocycles. The standard InChI is InChI=1S/C18H15BrN4O5/c1-22-17(16(19)10-20-22)18(24)21-11-7-12(23(25)26)9-15(8-11)28-14-5-3-13(27-2)4-6-14/h3-10H,1-2H3,(H,21,24). The van der Waals surface area contributed by atoms with Crippen molar-refractivity contribution in [3.63, 3.8) is 0 Å². The minimum Gasteiger partial charge on any atom is -0.497 e. The first-order chi connectivity index (χ1) is 13.4. The van der Waals surface area contributed by atoms with Crippen molar-refractivity contribution < 1.29 is 19.2 Å². The third-order valence-electron chi connectivity index (χ3n) is 3.76. The average molecular weight is 447 g/mol. The molecule has 0 aliphatic rings. The number of nitro groups is 1. The number of hydrogen-bond acceptors (Lipinski definition) is 6. The average Bonchev–Trinajstić information content (AvgIpc) is 3.00. The number of nitro benzene ring substituents is 1. The van der Waals surface area contributed by atoms with E-state index in [-0.39, 0.29) is 22.8 Å². The third kappa shape index (κ3) is 4.29. The highest BCUT2D eigenvalue weighted by Gasteiger charge is 2.18. The molecule has 0 bridgehead atoms. The van der Waals surface area contributed by atoms with Gasteiger partial charge in [0.25, 0.3) is 11.6 Å². The van der Waals surface area contributed by atoms with Gasteiger partial charge in [0.2, 0.25) is 0 Å². The number of nitrogens with one attached hydrogen (secondary N) is 1.